The Balaban J connectivity index is 2.22. The van der Waals surface area contributed by atoms with Crippen molar-refractivity contribution in [3.05, 3.63) is 58.6 Å². The minimum absolute atomic E-state index is 0.299. The van der Waals surface area contributed by atoms with E-state index < -0.39 is 0 Å². The molecule has 3 nitrogen and oxygen atoms in total. The summed E-state index contributed by atoms with van der Waals surface area (Å²) in [4.78, 5) is 0. The molecule has 0 atom stereocenters. The van der Waals surface area contributed by atoms with E-state index in [9.17, 15) is 0 Å². The molecule has 2 N–H and O–H groups in total. The summed E-state index contributed by atoms with van der Waals surface area (Å²) in [6, 6.07) is 13.7. The summed E-state index contributed by atoms with van der Waals surface area (Å²) in [6.45, 7) is 4.14. The molecule has 0 fully saturated rings. The van der Waals surface area contributed by atoms with Crippen molar-refractivity contribution >= 4 is 17.5 Å². The maximum Gasteiger partial charge on any atom is 0.230 e. The van der Waals surface area contributed by atoms with E-state index in [4.69, 9.17) is 21.9 Å². The van der Waals surface area contributed by atoms with Gasteiger partial charge in [0.15, 0.2) is 0 Å². The van der Waals surface area contributed by atoms with Crippen LogP contribution in [0.15, 0.2) is 47.0 Å². The van der Waals surface area contributed by atoms with Crippen molar-refractivity contribution < 1.29 is 4.52 Å². The molecule has 0 amide bonds. The molecule has 0 saturated heterocycles. The summed E-state index contributed by atoms with van der Waals surface area (Å²) in [5.41, 5.74) is 11.6. The Kier molecular flexibility index (Phi) is 3.43. The van der Waals surface area contributed by atoms with Gasteiger partial charge in [0, 0.05) is 5.56 Å². The Labute approximate surface area is 128 Å². The standard InChI is InChI=1S/C17H15ClN2O/c1-10-7-8-12(9-11(10)2)15-16(20-21-17(15)19)13-5-3-4-6-14(13)18/h3-9H,19H2,1-2H3. The Hall–Kier alpha value is -2.26. The fourth-order valence-electron chi connectivity index (χ4n) is 2.32. The van der Waals surface area contributed by atoms with E-state index in [1.807, 2.05) is 30.3 Å². The first-order chi connectivity index (χ1) is 10.1. The van der Waals surface area contributed by atoms with E-state index in [0.29, 0.717) is 16.6 Å². The predicted molar refractivity (Wildman–Crippen MR) is 86.3 cm³/mol. The maximum atomic E-state index is 6.26. The van der Waals surface area contributed by atoms with E-state index in [1.165, 1.54) is 11.1 Å². The van der Waals surface area contributed by atoms with Gasteiger partial charge in [-0.05, 0) is 36.6 Å². The summed E-state index contributed by atoms with van der Waals surface area (Å²) >= 11 is 6.26. The van der Waals surface area contributed by atoms with E-state index in [1.54, 1.807) is 0 Å². The average Bonchev–Trinajstić information content (AvgIpc) is 2.84. The zero-order chi connectivity index (χ0) is 15.0. The molecule has 0 aliphatic carbocycles. The number of nitrogens with two attached hydrogens (primary N) is 1. The molecule has 3 rings (SSSR count). The third-order valence-corrected chi connectivity index (χ3v) is 3.97. The summed E-state index contributed by atoms with van der Waals surface area (Å²) in [5, 5.41) is 4.71. The Morgan fingerprint density at radius 2 is 1.81 bits per heavy atom. The lowest BCUT2D eigenvalue weighted by atomic mass is 9.98. The van der Waals surface area contributed by atoms with E-state index in [0.717, 1.165) is 16.7 Å². The molecule has 1 heterocycles. The van der Waals surface area contributed by atoms with Crippen LogP contribution in [-0.2, 0) is 0 Å². The largest absolute Gasteiger partial charge is 0.367 e. The number of hydrogen-bond donors (Lipinski definition) is 1. The molecular weight excluding hydrogens is 284 g/mol. The normalized spacial score (nSPS) is 10.8. The summed E-state index contributed by atoms with van der Waals surface area (Å²) in [7, 11) is 0. The van der Waals surface area contributed by atoms with Crippen LogP contribution in [0.5, 0.6) is 0 Å². The molecule has 2 aromatic carbocycles. The SMILES string of the molecule is Cc1ccc(-c2c(-c3ccccc3Cl)noc2N)cc1C. The second-order valence-electron chi connectivity index (χ2n) is 5.05. The first kappa shape index (κ1) is 13.7. The molecule has 1 aromatic heterocycles. The van der Waals surface area contributed by atoms with Gasteiger partial charge in [-0.1, -0.05) is 53.2 Å². The van der Waals surface area contributed by atoms with E-state index in [-0.39, 0.29) is 0 Å². The van der Waals surface area contributed by atoms with Crippen LogP contribution in [0.4, 0.5) is 5.88 Å². The fourth-order valence-corrected chi connectivity index (χ4v) is 2.54. The van der Waals surface area contributed by atoms with Gasteiger partial charge in [-0.2, -0.15) is 0 Å². The van der Waals surface area contributed by atoms with Crippen LogP contribution in [0.1, 0.15) is 11.1 Å². The van der Waals surface area contributed by atoms with Crippen molar-refractivity contribution in [2.45, 2.75) is 13.8 Å². The highest BCUT2D eigenvalue weighted by Gasteiger charge is 2.19. The van der Waals surface area contributed by atoms with Gasteiger partial charge in [-0.15, -0.1) is 0 Å². The molecule has 0 aliphatic rings. The molecule has 0 radical (unpaired) electrons. The van der Waals surface area contributed by atoms with Crippen molar-refractivity contribution in [3.8, 4) is 22.4 Å². The number of hydrogen-bond acceptors (Lipinski definition) is 3. The zero-order valence-corrected chi connectivity index (χ0v) is 12.6. The van der Waals surface area contributed by atoms with Crippen LogP contribution >= 0.6 is 11.6 Å². The molecule has 0 unspecified atom stereocenters. The van der Waals surface area contributed by atoms with Gasteiger partial charge in [0.1, 0.15) is 5.69 Å². The monoisotopic (exact) mass is 298 g/mol. The minimum atomic E-state index is 0.299. The Morgan fingerprint density at radius 3 is 2.52 bits per heavy atom. The lowest BCUT2D eigenvalue weighted by molar-refractivity contribution is 0.439. The number of nitrogens with zero attached hydrogens (tertiary/aromatic N) is 1. The number of aryl methyl sites for hydroxylation is 2. The van der Waals surface area contributed by atoms with E-state index in [2.05, 4.69) is 31.1 Å². The molecule has 0 spiro atoms. The topological polar surface area (TPSA) is 52.0 Å². The molecule has 0 saturated carbocycles. The van der Waals surface area contributed by atoms with Gasteiger partial charge >= 0.3 is 0 Å². The van der Waals surface area contributed by atoms with Crippen molar-refractivity contribution in [3.63, 3.8) is 0 Å². The summed E-state index contributed by atoms with van der Waals surface area (Å²) in [5.74, 6) is 0.299. The lowest BCUT2D eigenvalue weighted by Crippen LogP contribution is -1.90. The first-order valence-corrected chi connectivity index (χ1v) is 7.03. The third kappa shape index (κ3) is 2.41. The van der Waals surface area contributed by atoms with Gasteiger partial charge in [0.05, 0.1) is 10.6 Å². The molecular formula is C17H15ClN2O. The van der Waals surface area contributed by atoms with Crippen molar-refractivity contribution in [1.29, 1.82) is 0 Å². The molecule has 106 valence electrons. The van der Waals surface area contributed by atoms with Gasteiger partial charge in [-0.3, -0.25) is 0 Å². The van der Waals surface area contributed by atoms with Crippen molar-refractivity contribution in [2.75, 3.05) is 5.73 Å². The number of benzene rings is 2. The third-order valence-electron chi connectivity index (χ3n) is 3.64. The van der Waals surface area contributed by atoms with Crippen LogP contribution < -0.4 is 5.73 Å². The highest BCUT2D eigenvalue weighted by molar-refractivity contribution is 6.33. The number of anilines is 1. The van der Waals surface area contributed by atoms with Crippen LogP contribution in [0.2, 0.25) is 5.02 Å². The highest BCUT2D eigenvalue weighted by atomic mass is 35.5. The van der Waals surface area contributed by atoms with Crippen molar-refractivity contribution in [1.82, 2.24) is 5.16 Å². The molecule has 3 aromatic rings. The summed E-state index contributed by atoms with van der Waals surface area (Å²) < 4.78 is 5.20. The lowest BCUT2D eigenvalue weighted by Gasteiger charge is -2.07. The van der Waals surface area contributed by atoms with E-state index >= 15 is 0 Å². The van der Waals surface area contributed by atoms with Gasteiger partial charge < -0.3 is 10.3 Å². The number of halogens is 1. The Bertz CT molecular complexity index is 808. The van der Waals surface area contributed by atoms with Gasteiger partial charge in [-0.25, -0.2) is 0 Å². The Morgan fingerprint density at radius 1 is 1.05 bits per heavy atom. The predicted octanol–water partition coefficient (Wildman–Crippen LogP) is 4.86. The average molecular weight is 299 g/mol. The van der Waals surface area contributed by atoms with Crippen LogP contribution in [-0.4, -0.2) is 5.16 Å². The number of nitrogen functional groups attached to an aromatic ring is 1. The molecule has 21 heavy (non-hydrogen) atoms. The second-order valence-corrected chi connectivity index (χ2v) is 5.46. The summed E-state index contributed by atoms with van der Waals surface area (Å²) in [6.07, 6.45) is 0. The van der Waals surface area contributed by atoms with Crippen LogP contribution in [0.3, 0.4) is 0 Å². The number of aromatic nitrogens is 1. The number of rotatable bonds is 2. The quantitative estimate of drug-likeness (QED) is 0.735. The molecule has 4 heteroatoms. The first-order valence-electron chi connectivity index (χ1n) is 6.65. The smallest absolute Gasteiger partial charge is 0.230 e. The van der Waals surface area contributed by atoms with Gasteiger partial charge in [0.25, 0.3) is 0 Å². The van der Waals surface area contributed by atoms with Gasteiger partial charge in [0.2, 0.25) is 5.88 Å². The fraction of sp³-hybridized carbons (Fsp3) is 0.118. The van der Waals surface area contributed by atoms with Crippen LogP contribution in [0.25, 0.3) is 22.4 Å². The minimum Gasteiger partial charge on any atom is -0.367 e. The molecule has 0 aliphatic heterocycles. The zero-order valence-electron chi connectivity index (χ0n) is 11.9. The maximum absolute atomic E-state index is 6.26. The van der Waals surface area contributed by atoms with Crippen LogP contribution in [0, 0.1) is 13.8 Å². The van der Waals surface area contributed by atoms with Crippen molar-refractivity contribution in [2.24, 2.45) is 0 Å². The highest BCUT2D eigenvalue weighted by Crippen LogP contribution is 2.39. The second kappa shape index (κ2) is 5.26. The molecule has 0 bridgehead atoms.